The van der Waals surface area contributed by atoms with E-state index < -0.39 is 10.0 Å². The first-order chi connectivity index (χ1) is 13.9. The van der Waals surface area contributed by atoms with Crippen LogP contribution in [0.3, 0.4) is 0 Å². The molecule has 3 aliphatic rings. The molecule has 2 aliphatic carbocycles. The highest BCUT2D eigenvalue weighted by Gasteiger charge is 2.28. The van der Waals surface area contributed by atoms with Crippen LogP contribution in [0.15, 0.2) is 28.2 Å². The van der Waals surface area contributed by atoms with Crippen LogP contribution in [0.4, 0.5) is 0 Å². The number of sulfonamides is 1. The lowest BCUT2D eigenvalue weighted by Gasteiger charge is -2.18. The summed E-state index contributed by atoms with van der Waals surface area (Å²) in [5.74, 6) is -0.0139. The van der Waals surface area contributed by atoms with Gasteiger partial charge in [-0.05, 0) is 55.9 Å². The van der Waals surface area contributed by atoms with Crippen molar-refractivity contribution in [3.63, 3.8) is 0 Å². The van der Waals surface area contributed by atoms with Crippen LogP contribution >= 0.6 is 0 Å². The second kappa shape index (κ2) is 8.44. The van der Waals surface area contributed by atoms with Gasteiger partial charge in [0.25, 0.3) is 0 Å². The van der Waals surface area contributed by atoms with Gasteiger partial charge < -0.3 is 5.32 Å². The number of benzene rings is 1. The van der Waals surface area contributed by atoms with Crippen molar-refractivity contribution in [2.24, 2.45) is 5.10 Å². The Morgan fingerprint density at radius 2 is 2.00 bits per heavy atom. The predicted molar refractivity (Wildman–Crippen MR) is 112 cm³/mol. The summed E-state index contributed by atoms with van der Waals surface area (Å²) < 4.78 is 28.4. The number of hydrogen-bond donors (Lipinski definition) is 2. The molecule has 29 heavy (non-hydrogen) atoms. The summed E-state index contributed by atoms with van der Waals surface area (Å²) in [4.78, 5) is 12.7. The average Bonchev–Trinajstić information content (AvgIpc) is 3.42. The van der Waals surface area contributed by atoms with Gasteiger partial charge in [-0.2, -0.15) is 5.10 Å². The van der Waals surface area contributed by atoms with Crippen molar-refractivity contribution in [1.82, 2.24) is 15.0 Å². The van der Waals surface area contributed by atoms with E-state index in [1.54, 1.807) is 12.1 Å². The predicted octanol–water partition coefficient (Wildman–Crippen LogP) is 2.48. The average molecular weight is 419 g/mol. The third-order valence-corrected chi connectivity index (χ3v) is 7.68. The van der Waals surface area contributed by atoms with Gasteiger partial charge in [0.1, 0.15) is 0 Å². The zero-order valence-electron chi connectivity index (χ0n) is 17.0. The molecule has 1 aromatic carbocycles. The summed E-state index contributed by atoms with van der Waals surface area (Å²) in [6.07, 6.45) is 6.98. The first-order valence-corrected chi connectivity index (χ1v) is 12.1. The molecule has 0 bridgehead atoms. The Morgan fingerprint density at radius 3 is 2.72 bits per heavy atom. The third kappa shape index (κ3) is 4.80. The molecule has 0 saturated heterocycles. The van der Waals surface area contributed by atoms with E-state index >= 15 is 0 Å². The second-order valence-corrected chi connectivity index (χ2v) is 10.1. The van der Waals surface area contributed by atoms with E-state index in [0.29, 0.717) is 17.9 Å². The Kier molecular flexibility index (Phi) is 5.92. The maximum Gasteiger partial charge on any atom is 0.240 e. The van der Waals surface area contributed by atoms with Crippen LogP contribution in [0.2, 0.25) is 0 Å². The maximum atomic E-state index is 12.8. The summed E-state index contributed by atoms with van der Waals surface area (Å²) in [5.41, 5.74) is 3.16. The SMILES string of the molecule is CC1=NN(CCC(=O)N[C@H]2CCc3ccc(S(=O)(=O)NC4CCCC4)cc32)CC1. The molecule has 1 atom stereocenters. The molecule has 0 unspecified atom stereocenters. The zero-order valence-corrected chi connectivity index (χ0v) is 17.8. The Hall–Kier alpha value is -1.93. The van der Waals surface area contributed by atoms with Gasteiger partial charge in [0.05, 0.1) is 10.9 Å². The summed E-state index contributed by atoms with van der Waals surface area (Å²) in [6, 6.07) is 5.25. The minimum atomic E-state index is -3.53. The first-order valence-electron chi connectivity index (χ1n) is 10.6. The van der Waals surface area contributed by atoms with Gasteiger partial charge in [0, 0.05) is 37.7 Å². The fourth-order valence-electron chi connectivity index (χ4n) is 4.52. The molecule has 7 nitrogen and oxygen atoms in total. The lowest BCUT2D eigenvalue weighted by atomic mass is 10.1. The summed E-state index contributed by atoms with van der Waals surface area (Å²) in [7, 11) is -3.53. The monoisotopic (exact) mass is 418 g/mol. The van der Waals surface area contributed by atoms with E-state index in [9.17, 15) is 13.2 Å². The van der Waals surface area contributed by atoms with Crippen LogP contribution in [0.25, 0.3) is 0 Å². The van der Waals surface area contributed by atoms with E-state index in [1.165, 1.54) is 0 Å². The summed E-state index contributed by atoms with van der Waals surface area (Å²) in [6.45, 7) is 3.49. The number of amides is 1. The quantitative estimate of drug-likeness (QED) is 0.712. The van der Waals surface area contributed by atoms with Crippen molar-refractivity contribution < 1.29 is 13.2 Å². The first kappa shape index (κ1) is 20.3. The van der Waals surface area contributed by atoms with Crippen LogP contribution in [-0.2, 0) is 21.2 Å². The van der Waals surface area contributed by atoms with Gasteiger partial charge in [0.15, 0.2) is 0 Å². The molecule has 0 spiro atoms. The highest BCUT2D eigenvalue weighted by molar-refractivity contribution is 7.89. The normalized spacial score (nSPS) is 22.0. The van der Waals surface area contributed by atoms with Gasteiger partial charge in [-0.15, -0.1) is 0 Å². The minimum Gasteiger partial charge on any atom is -0.349 e. The second-order valence-electron chi connectivity index (χ2n) is 8.41. The van der Waals surface area contributed by atoms with Crippen LogP contribution in [0.5, 0.6) is 0 Å². The third-order valence-electron chi connectivity index (χ3n) is 6.16. The standard InChI is InChI=1S/C21H30N4O3S/c1-15-10-12-25(23-15)13-11-21(26)22-20-9-7-16-6-8-18(14-19(16)20)29(27,28)24-17-4-2-3-5-17/h6,8,14,17,20,24H,2-5,7,9-13H2,1H3,(H,22,26)/t20-/m0/s1. The highest BCUT2D eigenvalue weighted by atomic mass is 32.2. The Bertz CT molecular complexity index is 907. The zero-order chi connectivity index (χ0) is 20.4. The molecule has 1 amide bonds. The number of hydrogen-bond acceptors (Lipinski definition) is 5. The molecule has 2 N–H and O–H groups in total. The van der Waals surface area contributed by atoms with Crippen molar-refractivity contribution in [3.8, 4) is 0 Å². The number of hydrazone groups is 1. The number of carbonyl (C=O) groups excluding carboxylic acids is 1. The molecule has 1 heterocycles. The number of nitrogens with one attached hydrogen (secondary N) is 2. The topological polar surface area (TPSA) is 90.9 Å². The smallest absolute Gasteiger partial charge is 0.240 e. The fourth-order valence-corrected chi connectivity index (χ4v) is 5.86. The molecular weight excluding hydrogens is 388 g/mol. The van der Waals surface area contributed by atoms with Crippen molar-refractivity contribution >= 4 is 21.6 Å². The van der Waals surface area contributed by atoms with Gasteiger partial charge in [-0.1, -0.05) is 18.9 Å². The number of carbonyl (C=O) groups is 1. The fraction of sp³-hybridized carbons (Fsp3) is 0.619. The van der Waals surface area contributed by atoms with E-state index in [0.717, 1.165) is 68.3 Å². The largest absolute Gasteiger partial charge is 0.349 e. The lowest BCUT2D eigenvalue weighted by molar-refractivity contribution is -0.122. The number of aryl methyl sites for hydroxylation is 1. The minimum absolute atomic E-state index is 0.0139. The van der Waals surface area contributed by atoms with Crippen LogP contribution in [0.1, 0.15) is 69.0 Å². The number of rotatable bonds is 7. The molecule has 0 radical (unpaired) electrons. The van der Waals surface area contributed by atoms with Crippen molar-refractivity contribution in [2.75, 3.05) is 13.1 Å². The Labute approximate surface area is 173 Å². The van der Waals surface area contributed by atoms with Crippen molar-refractivity contribution in [1.29, 1.82) is 0 Å². The molecule has 1 aliphatic heterocycles. The van der Waals surface area contributed by atoms with E-state index in [2.05, 4.69) is 15.1 Å². The highest BCUT2D eigenvalue weighted by Crippen LogP contribution is 2.33. The van der Waals surface area contributed by atoms with Gasteiger partial charge in [-0.25, -0.2) is 13.1 Å². The molecule has 0 aromatic heterocycles. The number of nitrogens with zero attached hydrogens (tertiary/aromatic N) is 2. The molecule has 1 fully saturated rings. The molecular formula is C21H30N4O3S. The molecule has 8 heteroatoms. The molecule has 158 valence electrons. The van der Waals surface area contributed by atoms with Crippen LogP contribution in [-0.4, -0.2) is 44.2 Å². The van der Waals surface area contributed by atoms with Crippen molar-refractivity contribution in [3.05, 3.63) is 29.3 Å². The van der Waals surface area contributed by atoms with Gasteiger partial charge in [0.2, 0.25) is 15.9 Å². The van der Waals surface area contributed by atoms with Gasteiger partial charge in [-0.3, -0.25) is 9.80 Å². The van der Waals surface area contributed by atoms with E-state index in [-0.39, 0.29) is 18.0 Å². The van der Waals surface area contributed by atoms with Crippen LogP contribution < -0.4 is 10.0 Å². The van der Waals surface area contributed by atoms with Gasteiger partial charge >= 0.3 is 0 Å². The Balaban J connectivity index is 1.39. The Morgan fingerprint density at radius 1 is 1.21 bits per heavy atom. The summed E-state index contributed by atoms with van der Waals surface area (Å²) in [5, 5.41) is 9.44. The summed E-state index contributed by atoms with van der Waals surface area (Å²) >= 11 is 0. The maximum absolute atomic E-state index is 12.8. The number of fused-ring (bicyclic) bond motifs is 1. The van der Waals surface area contributed by atoms with Crippen LogP contribution in [0, 0.1) is 0 Å². The van der Waals surface area contributed by atoms with E-state index in [4.69, 9.17) is 0 Å². The molecule has 1 saturated carbocycles. The lowest BCUT2D eigenvalue weighted by Crippen LogP contribution is -2.33. The van der Waals surface area contributed by atoms with Crippen molar-refractivity contribution in [2.45, 2.75) is 75.3 Å². The van der Waals surface area contributed by atoms with E-state index in [1.807, 2.05) is 18.0 Å². The molecule has 1 aromatic rings. The molecule has 4 rings (SSSR count).